The third-order valence-corrected chi connectivity index (χ3v) is 4.85. The number of anilines is 1. The molecule has 29 heavy (non-hydrogen) atoms. The number of rotatable bonds is 6. The van der Waals surface area contributed by atoms with E-state index in [4.69, 9.17) is 59.3 Å². The summed E-state index contributed by atoms with van der Waals surface area (Å²) in [6.45, 7) is -0.331. The van der Waals surface area contributed by atoms with Crippen molar-refractivity contribution in [1.82, 2.24) is 15.1 Å². The first kappa shape index (κ1) is 21.0. The van der Waals surface area contributed by atoms with Crippen LogP contribution in [0.3, 0.4) is 0 Å². The highest BCUT2D eigenvalue weighted by Crippen LogP contribution is 2.35. The highest BCUT2D eigenvalue weighted by Gasteiger charge is 2.22. The Labute approximate surface area is 179 Å². The van der Waals surface area contributed by atoms with Crippen molar-refractivity contribution in [2.75, 3.05) is 20.0 Å². The SMILES string of the molecule is COc1ccc(-c2noc(COC(=O)c3nc(Cl)c(Cl)c(N)c3Cl)n2)c(OC)c1. The van der Waals surface area contributed by atoms with Gasteiger partial charge in [-0.05, 0) is 12.1 Å². The maximum absolute atomic E-state index is 12.3. The molecule has 0 atom stereocenters. The number of halogens is 3. The van der Waals surface area contributed by atoms with Gasteiger partial charge < -0.3 is 24.5 Å². The van der Waals surface area contributed by atoms with Gasteiger partial charge >= 0.3 is 5.97 Å². The van der Waals surface area contributed by atoms with E-state index in [1.54, 1.807) is 18.2 Å². The van der Waals surface area contributed by atoms with Crippen LogP contribution < -0.4 is 15.2 Å². The maximum atomic E-state index is 12.3. The lowest BCUT2D eigenvalue weighted by molar-refractivity contribution is 0.0423. The van der Waals surface area contributed by atoms with Gasteiger partial charge in [-0.1, -0.05) is 40.0 Å². The van der Waals surface area contributed by atoms with E-state index in [1.165, 1.54) is 14.2 Å². The fraction of sp³-hybridized carbons (Fsp3) is 0.176. The van der Waals surface area contributed by atoms with E-state index in [9.17, 15) is 4.79 Å². The van der Waals surface area contributed by atoms with E-state index < -0.39 is 5.97 Å². The van der Waals surface area contributed by atoms with E-state index in [1.807, 2.05) is 0 Å². The number of carbonyl (C=O) groups is 1. The molecule has 2 N–H and O–H groups in total. The van der Waals surface area contributed by atoms with Crippen molar-refractivity contribution in [3.8, 4) is 22.9 Å². The minimum absolute atomic E-state index is 0.0374. The van der Waals surface area contributed by atoms with Gasteiger partial charge in [0.15, 0.2) is 17.5 Å². The van der Waals surface area contributed by atoms with Crippen LogP contribution in [-0.4, -0.2) is 35.3 Å². The molecule has 0 fully saturated rings. The highest BCUT2D eigenvalue weighted by atomic mass is 35.5. The number of carbonyl (C=O) groups excluding carboxylic acids is 1. The van der Waals surface area contributed by atoms with Crippen LogP contribution in [0.1, 0.15) is 16.4 Å². The first-order chi connectivity index (χ1) is 13.8. The largest absolute Gasteiger partial charge is 0.497 e. The number of ether oxygens (including phenoxy) is 3. The molecule has 0 radical (unpaired) electrons. The van der Waals surface area contributed by atoms with Crippen LogP contribution in [0.5, 0.6) is 11.5 Å². The van der Waals surface area contributed by atoms with Gasteiger partial charge in [0.05, 0.1) is 30.5 Å². The smallest absolute Gasteiger partial charge is 0.359 e. The Balaban J connectivity index is 1.76. The molecular formula is C17H13Cl3N4O5. The molecule has 3 rings (SSSR count). The van der Waals surface area contributed by atoms with Crippen molar-refractivity contribution in [2.24, 2.45) is 0 Å². The molecule has 0 unspecified atom stereocenters. The standard InChI is InChI=1S/C17H13Cl3N4O5/c1-26-7-3-4-8(9(5-7)27-2)16-22-10(29-24-16)6-28-17(25)14-11(18)13(21)12(19)15(20)23-14/h3-5H,6H2,1-2H3,(H2,21,23). The van der Waals surface area contributed by atoms with Crippen LogP contribution in [0.2, 0.25) is 15.2 Å². The molecule has 2 aromatic heterocycles. The molecule has 2 heterocycles. The minimum Gasteiger partial charge on any atom is -0.497 e. The number of pyridine rings is 1. The lowest BCUT2D eigenvalue weighted by atomic mass is 10.2. The van der Waals surface area contributed by atoms with Gasteiger partial charge in [0.25, 0.3) is 5.89 Å². The molecule has 0 aliphatic heterocycles. The quantitative estimate of drug-likeness (QED) is 0.429. The third kappa shape index (κ3) is 4.31. The van der Waals surface area contributed by atoms with E-state index in [-0.39, 0.29) is 44.9 Å². The van der Waals surface area contributed by atoms with Gasteiger partial charge in [-0.2, -0.15) is 4.98 Å². The van der Waals surface area contributed by atoms with Crippen LogP contribution in [0, 0.1) is 0 Å². The van der Waals surface area contributed by atoms with Gasteiger partial charge in [-0.3, -0.25) is 0 Å². The lowest BCUT2D eigenvalue weighted by Gasteiger charge is -2.08. The van der Waals surface area contributed by atoms with Crippen LogP contribution in [-0.2, 0) is 11.3 Å². The zero-order valence-corrected chi connectivity index (χ0v) is 17.3. The summed E-state index contributed by atoms with van der Waals surface area (Å²) in [5.74, 6) is 0.479. The van der Waals surface area contributed by atoms with E-state index >= 15 is 0 Å². The number of nitrogens with zero attached hydrogens (tertiary/aromatic N) is 3. The lowest BCUT2D eigenvalue weighted by Crippen LogP contribution is -2.10. The molecule has 0 saturated carbocycles. The Morgan fingerprint density at radius 1 is 1.14 bits per heavy atom. The molecule has 152 valence electrons. The number of hydrogen-bond acceptors (Lipinski definition) is 9. The topological polar surface area (TPSA) is 123 Å². The predicted octanol–water partition coefficient (Wildman–Crippen LogP) is 4.05. The van der Waals surface area contributed by atoms with Gasteiger partial charge in [0.1, 0.15) is 16.5 Å². The monoisotopic (exact) mass is 458 g/mol. The molecular weight excluding hydrogens is 447 g/mol. The summed E-state index contributed by atoms with van der Waals surface area (Å²) in [7, 11) is 3.04. The highest BCUT2D eigenvalue weighted by molar-refractivity contribution is 6.46. The number of esters is 1. The van der Waals surface area contributed by atoms with Gasteiger partial charge in [0, 0.05) is 6.07 Å². The maximum Gasteiger partial charge on any atom is 0.359 e. The summed E-state index contributed by atoms with van der Waals surface area (Å²) in [5.41, 5.74) is 5.89. The molecule has 0 aliphatic carbocycles. The van der Waals surface area contributed by atoms with E-state index in [0.717, 1.165) is 0 Å². The molecule has 12 heteroatoms. The fourth-order valence-electron chi connectivity index (χ4n) is 2.27. The van der Waals surface area contributed by atoms with Gasteiger partial charge in [-0.15, -0.1) is 0 Å². The average Bonchev–Trinajstić information content (AvgIpc) is 3.21. The van der Waals surface area contributed by atoms with Crippen molar-refractivity contribution >= 4 is 46.5 Å². The Morgan fingerprint density at radius 2 is 1.90 bits per heavy atom. The number of methoxy groups -OCH3 is 2. The average molecular weight is 460 g/mol. The summed E-state index contributed by atoms with van der Waals surface area (Å²) >= 11 is 17.6. The molecule has 3 aromatic rings. The summed E-state index contributed by atoms with van der Waals surface area (Å²) in [5, 5.41) is 3.47. The Morgan fingerprint density at radius 3 is 2.59 bits per heavy atom. The molecule has 0 spiro atoms. The Hall–Kier alpha value is -2.75. The molecule has 0 saturated heterocycles. The summed E-state index contributed by atoms with van der Waals surface area (Å²) < 4.78 is 20.7. The molecule has 9 nitrogen and oxygen atoms in total. The number of hydrogen-bond donors (Lipinski definition) is 1. The van der Waals surface area contributed by atoms with Crippen molar-refractivity contribution in [2.45, 2.75) is 6.61 Å². The van der Waals surface area contributed by atoms with Gasteiger partial charge in [0.2, 0.25) is 5.82 Å². The number of nitrogen functional groups attached to an aromatic ring is 1. The van der Waals surface area contributed by atoms with Crippen LogP contribution >= 0.6 is 34.8 Å². The Bertz CT molecular complexity index is 1070. The third-order valence-electron chi connectivity index (χ3n) is 3.71. The first-order valence-corrected chi connectivity index (χ1v) is 9.01. The molecule has 0 amide bonds. The normalized spacial score (nSPS) is 10.7. The van der Waals surface area contributed by atoms with Crippen molar-refractivity contribution in [3.63, 3.8) is 0 Å². The molecule has 0 aliphatic rings. The second-order valence-corrected chi connectivity index (χ2v) is 6.56. The van der Waals surface area contributed by atoms with Crippen LogP contribution in [0.15, 0.2) is 22.7 Å². The fourth-order valence-corrected chi connectivity index (χ4v) is 2.85. The predicted molar refractivity (Wildman–Crippen MR) is 106 cm³/mol. The van der Waals surface area contributed by atoms with Crippen molar-refractivity contribution < 1.29 is 23.5 Å². The zero-order valence-electron chi connectivity index (χ0n) is 15.0. The van der Waals surface area contributed by atoms with Crippen molar-refractivity contribution in [3.05, 3.63) is 45.0 Å². The van der Waals surface area contributed by atoms with E-state index in [0.29, 0.717) is 17.1 Å². The summed E-state index contributed by atoms with van der Waals surface area (Å²) in [4.78, 5) is 20.2. The Kier molecular flexibility index (Phi) is 6.31. The number of aromatic nitrogens is 3. The number of nitrogens with two attached hydrogens (primary N) is 1. The minimum atomic E-state index is -0.887. The second-order valence-electron chi connectivity index (χ2n) is 5.45. The first-order valence-electron chi connectivity index (χ1n) is 7.87. The molecule has 0 bridgehead atoms. The van der Waals surface area contributed by atoms with E-state index in [2.05, 4.69) is 15.1 Å². The van der Waals surface area contributed by atoms with Crippen LogP contribution in [0.4, 0.5) is 5.69 Å². The summed E-state index contributed by atoms with van der Waals surface area (Å²) in [6, 6.07) is 5.10. The van der Waals surface area contributed by atoms with Crippen LogP contribution in [0.25, 0.3) is 11.4 Å². The summed E-state index contributed by atoms with van der Waals surface area (Å²) in [6.07, 6.45) is 0. The van der Waals surface area contributed by atoms with Crippen molar-refractivity contribution in [1.29, 1.82) is 0 Å². The van der Waals surface area contributed by atoms with Gasteiger partial charge in [-0.25, -0.2) is 9.78 Å². The second kappa shape index (κ2) is 8.73. The number of benzene rings is 1. The zero-order chi connectivity index (χ0) is 21.1. The molecule has 1 aromatic carbocycles.